The van der Waals surface area contributed by atoms with E-state index in [1.165, 1.54) is 12.8 Å². The predicted octanol–water partition coefficient (Wildman–Crippen LogP) is 1.85. The van der Waals surface area contributed by atoms with Gasteiger partial charge in [-0.15, -0.1) is 0 Å². The number of nitrogens with one attached hydrogen (secondary N) is 2. The number of carbonyl (C=O) groups is 1. The first-order valence-corrected chi connectivity index (χ1v) is 7.52. The Morgan fingerprint density at radius 1 is 1.33 bits per heavy atom. The third-order valence-corrected chi connectivity index (χ3v) is 3.33. The molecule has 0 aliphatic heterocycles. The van der Waals surface area contributed by atoms with Crippen LogP contribution in [-0.4, -0.2) is 32.2 Å². The topological polar surface area (TPSA) is 59.6 Å². The summed E-state index contributed by atoms with van der Waals surface area (Å²) in [5.74, 6) is 1.15. The molecule has 1 aliphatic carbocycles. The van der Waals surface area contributed by atoms with Crippen molar-refractivity contribution in [3.8, 4) is 11.5 Å². The second kappa shape index (κ2) is 7.88. The normalized spacial score (nSPS) is 13.8. The van der Waals surface area contributed by atoms with Crippen molar-refractivity contribution in [2.24, 2.45) is 0 Å². The summed E-state index contributed by atoms with van der Waals surface area (Å²) in [7, 11) is 1.60. The van der Waals surface area contributed by atoms with Gasteiger partial charge in [-0.25, -0.2) is 0 Å². The Balaban J connectivity index is 1.91. The highest BCUT2D eigenvalue weighted by molar-refractivity contribution is 5.77. The maximum Gasteiger partial charge on any atom is 0.257 e. The molecule has 0 saturated heterocycles. The zero-order chi connectivity index (χ0) is 15.1. The van der Waals surface area contributed by atoms with E-state index in [9.17, 15) is 4.79 Å². The van der Waals surface area contributed by atoms with Crippen molar-refractivity contribution in [3.05, 3.63) is 23.8 Å². The lowest BCUT2D eigenvalue weighted by Gasteiger charge is -2.12. The summed E-state index contributed by atoms with van der Waals surface area (Å²) in [5, 5.41) is 6.24. The molecule has 0 spiro atoms. The van der Waals surface area contributed by atoms with Gasteiger partial charge < -0.3 is 20.1 Å². The van der Waals surface area contributed by atoms with Crippen LogP contribution in [0.4, 0.5) is 0 Å². The van der Waals surface area contributed by atoms with E-state index < -0.39 is 0 Å². The maximum atomic E-state index is 11.6. The molecule has 0 atom stereocenters. The molecule has 0 aromatic heterocycles. The number of benzene rings is 1. The van der Waals surface area contributed by atoms with Gasteiger partial charge in [-0.05, 0) is 37.0 Å². The van der Waals surface area contributed by atoms with Gasteiger partial charge in [0.2, 0.25) is 0 Å². The fraction of sp³-hybridized carbons (Fsp3) is 0.562. The number of ether oxygens (including phenoxy) is 2. The summed E-state index contributed by atoms with van der Waals surface area (Å²) >= 11 is 0. The van der Waals surface area contributed by atoms with Crippen LogP contribution in [0.3, 0.4) is 0 Å². The minimum Gasteiger partial charge on any atom is -0.493 e. The standard InChI is InChI=1S/C16H24N2O3/c1-3-8-17-16(19)11-21-15-9-12(4-7-14(15)20-2)10-18-13-5-6-13/h4,7,9,13,18H,3,5-6,8,10-11H2,1-2H3,(H,17,19). The molecule has 21 heavy (non-hydrogen) atoms. The Bertz CT molecular complexity index is 473. The van der Waals surface area contributed by atoms with Crippen molar-refractivity contribution in [1.29, 1.82) is 0 Å². The highest BCUT2D eigenvalue weighted by atomic mass is 16.5. The minimum atomic E-state index is -0.111. The SMILES string of the molecule is CCCNC(=O)COc1cc(CNC2CC2)ccc1OC. The van der Waals surface area contributed by atoms with Crippen LogP contribution in [0.1, 0.15) is 31.7 Å². The quantitative estimate of drug-likeness (QED) is 0.729. The third-order valence-electron chi connectivity index (χ3n) is 3.33. The Morgan fingerprint density at radius 3 is 2.81 bits per heavy atom. The fourth-order valence-electron chi connectivity index (χ4n) is 1.95. The number of amides is 1. The summed E-state index contributed by atoms with van der Waals surface area (Å²) in [6.07, 6.45) is 3.44. The van der Waals surface area contributed by atoms with E-state index in [1.54, 1.807) is 7.11 Å². The summed E-state index contributed by atoms with van der Waals surface area (Å²) < 4.78 is 10.9. The van der Waals surface area contributed by atoms with Crippen LogP contribution in [0.15, 0.2) is 18.2 Å². The monoisotopic (exact) mass is 292 g/mol. The fourth-order valence-corrected chi connectivity index (χ4v) is 1.95. The average molecular weight is 292 g/mol. The van der Waals surface area contributed by atoms with E-state index in [4.69, 9.17) is 9.47 Å². The molecule has 5 nitrogen and oxygen atoms in total. The van der Waals surface area contributed by atoms with Crippen molar-refractivity contribution in [1.82, 2.24) is 10.6 Å². The van der Waals surface area contributed by atoms with Crippen molar-refractivity contribution in [2.75, 3.05) is 20.3 Å². The average Bonchev–Trinajstić information content (AvgIpc) is 3.33. The van der Waals surface area contributed by atoms with Gasteiger partial charge in [0.25, 0.3) is 5.91 Å². The molecule has 0 radical (unpaired) electrons. The first-order valence-electron chi connectivity index (χ1n) is 7.52. The molecule has 116 valence electrons. The van der Waals surface area contributed by atoms with Crippen LogP contribution < -0.4 is 20.1 Å². The van der Waals surface area contributed by atoms with Crippen LogP contribution in [0, 0.1) is 0 Å². The Labute approximate surface area is 126 Å². The van der Waals surface area contributed by atoms with Crippen LogP contribution in [0.25, 0.3) is 0 Å². The molecule has 0 bridgehead atoms. The summed E-state index contributed by atoms with van der Waals surface area (Å²) in [6, 6.07) is 6.49. The van der Waals surface area contributed by atoms with Crippen LogP contribution in [0.5, 0.6) is 11.5 Å². The predicted molar refractivity (Wildman–Crippen MR) is 81.7 cm³/mol. The highest BCUT2D eigenvalue weighted by Gasteiger charge is 2.20. The zero-order valence-electron chi connectivity index (χ0n) is 12.8. The highest BCUT2D eigenvalue weighted by Crippen LogP contribution is 2.28. The van der Waals surface area contributed by atoms with E-state index >= 15 is 0 Å². The lowest BCUT2D eigenvalue weighted by Crippen LogP contribution is -2.29. The molecule has 1 fully saturated rings. The van der Waals surface area contributed by atoms with Crippen LogP contribution in [-0.2, 0) is 11.3 Å². The molecule has 1 aliphatic rings. The maximum absolute atomic E-state index is 11.6. The van der Waals surface area contributed by atoms with Crippen LogP contribution in [0.2, 0.25) is 0 Å². The van der Waals surface area contributed by atoms with Gasteiger partial charge in [-0.3, -0.25) is 4.79 Å². The van der Waals surface area contributed by atoms with Gasteiger partial charge in [-0.1, -0.05) is 13.0 Å². The molecule has 0 unspecified atom stereocenters. The molecule has 2 N–H and O–H groups in total. The first-order chi connectivity index (χ1) is 10.2. The second-order valence-electron chi connectivity index (χ2n) is 5.28. The van der Waals surface area contributed by atoms with Crippen molar-refractivity contribution in [3.63, 3.8) is 0 Å². The molecular formula is C16H24N2O3. The van der Waals surface area contributed by atoms with Crippen LogP contribution >= 0.6 is 0 Å². The van der Waals surface area contributed by atoms with E-state index in [-0.39, 0.29) is 12.5 Å². The largest absolute Gasteiger partial charge is 0.493 e. The van der Waals surface area contributed by atoms with Gasteiger partial charge in [0.15, 0.2) is 18.1 Å². The van der Waals surface area contributed by atoms with E-state index in [1.807, 2.05) is 25.1 Å². The smallest absolute Gasteiger partial charge is 0.257 e. The Morgan fingerprint density at radius 2 is 2.14 bits per heavy atom. The lowest BCUT2D eigenvalue weighted by molar-refractivity contribution is -0.123. The van der Waals surface area contributed by atoms with Gasteiger partial charge >= 0.3 is 0 Å². The number of hydrogen-bond donors (Lipinski definition) is 2. The van der Waals surface area contributed by atoms with Crippen molar-refractivity contribution >= 4 is 5.91 Å². The second-order valence-corrected chi connectivity index (χ2v) is 5.28. The Kier molecular flexibility index (Phi) is 5.87. The van der Waals surface area contributed by atoms with Gasteiger partial charge in [0.05, 0.1) is 7.11 Å². The van der Waals surface area contributed by atoms with E-state index in [2.05, 4.69) is 10.6 Å². The first kappa shape index (κ1) is 15.6. The third kappa shape index (κ3) is 5.27. The zero-order valence-corrected chi connectivity index (χ0v) is 12.8. The molecule has 0 heterocycles. The molecule has 1 saturated carbocycles. The van der Waals surface area contributed by atoms with Gasteiger partial charge in [0, 0.05) is 19.1 Å². The number of carbonyl (C=O) groups excluding carboxylic acids is 1. The van der Waals surface area contributed by atoms with E-state index in [0.29, 0.717) is 24.1 Å². The van der Waals surface area contributed by atoms with Crippen molar-refractivity contribution in [2.45, 2.75) is 38.8 Å². The molecule has 1 aromatic carbocycles. The summed E-state index contributed by atoms with van der Waals surface area (Å²) in [4.78, 5) is 11.6. The van der Waals surface area contributed by atoms with E-state index in [0.717, 1.165) is 18.5 Å². The molecule has 1 amide bonds. The molecule has 2 rings (SSSR count). The lowest BCUT2D eigenvalue weighted by atomic mass is 10.2. The van der Waals surface area contributed by atoms with Gasteiger partial charge in [0.1, 0.15) is 0 Å². The Hall–Kier alpha value is -1.75. The van der Waals surface area contributed by atoms with Gasteiger partial charge in [-0.2, -0.15) is 0 Å². The molecule has 5 heteroatoms. The number of rotatable bonds is 9. The number of methoxy groups -OCH3 is 1. The summed E-state index contributed by atoms with van der Waals surface area (Å²) in [5.41, 5.74) is 1.13. The number of hydrogen-bond acceptors (Lipinski definition) is 4. The summed E-state index contributed by atoms with van der Waals surface area (Å²) in [6.45, 7) is 3.51. The molecular weight excluding hydrogens is 268 g/mol. The minimum absolute atomic E-state index is 0.00979. The molecule has 1 aromatic rings. The van der Waals surface area contributed by atoms with Crippen molar-refractivity contribution < 1.29 is 14.3 Å².